The molecule has 1 amide bonds. The van der Waals surface area contributed by atoms with Crippen molar-refractivity contribution in [3.05, 3.63) is 59.3 Å². The highest BCUT2D eigenvalue weighted by molar-refractivity contribution is 6.31. The Morgan fingerprint density at radius 1 is 1.04 bits per heavy atom. The Labute approximate surface area is 151 Å². The van der Waals surface area contributed by atoms with E-state index in [1.165, 1.54) is 19.3 Å². The summed E-state index contributed by atoms with van der Waals surface area (Å²) in [6, 6.07) is 15.0. The number of hydrogen-bond donors (Lipinski definition) is 1. The van der Waals surface area contributed by atoms with Gasteiger partial charge in [-0.25, -0.2) is 0 Å². The molecular weight excluding hydrogens is 336 g/mol. The van der Waals surface area contributed by atoms with Crippen LogP contribution in [-0.4, -0.2) is 19.0 Å². The van der Waals surface area contributed by atoms with Gasteiger partial charge >= 0.3 is 0 Å². The number of furan rings is 1. The van der Waals surface area contributed by atoms with Crippen molar-refractivity contribution in [2.24, 2.45) is 0 Å². The standard InChI is InChI=1S/C20H19ClN2O2/c21-15-8-9-17(23-10-4-1-5-11-23)16(13-15)22-20(24)19-12-14-6-2-3-7-18(14)25-19/h2-3,6-9,12-13H,1,4-5,10-11H2,(H,22,24). The van der Waals surface area contributed by atoms with Gasteiger partial charge in [-0.3, -0.25) is 4.79 Å². The monoisotopic (exact) mass is 354 g/mol. The molecule has 4 nitrogen and oxygen atoms in total. The minimum absolute atomic E-state index is 0.267. The lowest BCUT2D eigenvalue weighted by atomic mass is 10.1. The third-order valence-corrected chi connectivity index (χ3v) is 4.79. The van der Waals surface area contributed by atoms with Crippen LogP contribution in [0.3, 0.4) is 0 Å². The Balaban J connectivity index is 1.62. The van der Waals surface area contributed by atoms with E-state index in [1.807, 2.05) is 36.4 Å². The van der Waals surface area contributed by atoms with Crippen LogP contribution >= 0.6 is 11.6 Å². The smallest absolute Gasteiger partial charge is 0.291 e. The molecule has 1 aliphatic heterocycles. The highest BCUT2D eigenvalue weighted by atomic mass is 35.5. The molecule has 0 radical (unpaired) electrons. The number of carbonyl (C=O) groups excluding carboxylic acids is 1. The zero-order valence-electron chi connectivity index (χ0n) is 13.8. The number of nitrogens with one attached hydrogen (secondary N) is 1. The van der Waals surface area contributed by atoms with Crippen molar-refractivity contribution in [3.63, 3.8) is 0 Å². The van der Waals surface area contributed by atoms with Gasteiger partial charge in [0.1, 0.15) is 5.58 Å². The number of piperidine rings is 1. The average molecular weight is 355 g/mol. The lowest BCUT2D eigenvalue weighted by molar-refractivity contribution is 0.0998. The van der Waals surface area contributed by atoms with E-state index in [4.69, 9.17) is 16.0 Å². The number of rotatable bonds is 3. The van der Waals surface area contributed by atoms with E-state index in [0.717, 1.165) is 29.9 Å². The second-order valence-electron chi connectivity index (χ2n) is 6.31. The number of hydrogen-bond acceptors (Lipinski definition) is 3. The van der Waals surface area contributed by atoms with Crippen LogP contribution in [0.25, 0.3) is 11.0 Å². The summed E-state index contributed by atoms with van der Waals surface area (Å²) < 4.78 is 5.66. The largest absolute Gasteiger partial charge is 0.451 e. The van der Waals surface area contributed by atoms with Gasteiger partial charge in [0.25, 0.3) is 5.91 Å². The number of halogens is 1. The third kappa shape index (κ3) is 3.35. The molecule has 0 atom stereocenters. The maximum Gasteiger partial charge on any atom is 0.291 e. The van der Waals surface area contributed by atoms with Crippen LogP contribution in [0.5, 0.6) is 0 Å². The molecule has 3 aromatic rings. The molecule has 0 aliphatic carbocycles. The van der Waals surface area contributed by atoms with Gasteiger partial charge < -0.3 is 14.6 Å². The number of nitrogens with zero attached hydrogens (tertiary/aromatic N) is 1. The van der Waals surface area contributed by atoms with Gasteiger partial charge in [-0.2, -0.15) is 0 Å². The summed E-state index contributed by atoms with van der Waals surface area (Å²) in [6.07, 6.45) is 3.59. The molecular formula is C20H19ClN2O2. The minimum Gasteiger partial charge on any atom is -0.451 e. The summed E-state index contributed by atoms with van der Waals surface area (Å²) in [6.45, 7) is 1.99. The molecule has 2 aromatic carbocycles. The second kappa shape index (κ2) is 6.81. The van der Waals surface area contributed by atoms with E-state index in [-0.39, 0.29) is 5.91 Å². The van der Waals surface area contributed by atoms with Crippen LogP contribution in [0.4, 0.5) is 11.4 Å². The predicted molar refractivity (Wildman–Crippen MR) is 102 cm³/mol. The first-order chi connectivity index (χ1) is 12.2. The molecule has 1 aromatic heterocycles. The van der Waals surface area contributed by atoms with Crippen molar-refractivity contribution < 1.29 is 9.21 Å². The van der Waals surface area contributed by atoms with Crippen LogP contribution in [0.15, 0.2) is 52.9 Å². The molecule has 2 heterocycles. The van der Waals surface area contributed by atoms with Crippen molar-refractivity contribution in [2.45, 2.75) is 19.3 Å². The van der Waals surface area contributed by atoms with Crippen molar-refractivity contribution in [1.29, 1.82) is 0 Å². The minimum atomic E-state index is -0.267. The Kier molecular flexibility index (Phi) is 4.36. The van der Waals surface area contributed by atoms with Gasteiger partial charge in [0, 0.05) is 23.5 Å². The lowest BCUT2D eigenvalue weighted by Gasteiger charge is -2.30. The van der Waals surface area contributed by atoms with Crippen LogP contribution in [0, 0.1) is 0 Å². The molecule has 1 aliphatic rings. The molecule has 0 unspecified atom stereocenters. The van der Waals surface area contributed by atoms with Crippen LogP contribution in [0.2, 0.25) is 5.02 Å². The molecule has 128 valence electrons. The summed E-state index contributed by atoms with van der Waals surface area (Å²) >= 11 is 6.16. The molecule has 5 heteroatoms. The van der Waals surface area contributed by atoms with Gasteiger partial charge in [0.2, 0.25) is 0 Å². The van der Waals surface area contributed by atoms with Crippen molar-refractivity contribution in [3.8, 4) is 0 Å². The molecule has 0 bridgehead atoms. The van der Waals surface area contributed by atoms with E-state index < -0.39 is 0 Å². The normalized spacial score (nSPS) is 14.7. The summed E-state index contributed by atoms with van der Waals surface area (Å²) in [5.74, 6) is 0.0301. The van der Waals surface area contributed by atoms with Crippen molar-refractivity contribution in [1.82, 2.24) is 0 Å². The number of anilines is 2. The van der Waals surface area contributed by atoms with Crippen LogP contribution < -0.4 is 10.2 Å². The molecule has 0 saturated carbocycles. The summed E-state index contributed by atoms with van der Waals surface area (Å²) in [7, 11) is 0. The number of benzene rings is 2. The first-order valence-electron chi connectivity index (χ1n) is 8.55. The van der Waals surface area contributed by atoms with E-state index in [0.29, 0.717) is 16.4 Å². The summed E-state index contributed by atoms with van der Waals surface area (Å²) in [5.41, 5.74) is 2.43. The molecule has 0 spiro atoms. The zero-order valence-corrected chi connectivity index (χ0v) is 14.6. The fraction of sp³-hybridized carbons (Fsp3) is 0.250. The molecule has 1 fully saturated rings. The maximum absolute atomic E-state index is 12.7. The molecule has 25 heavy (non-hydrogen) atoms. The Bertz CT molecular complexity index is 880. The SMILES string of the molecule is O=C(Nc1cc(Cl)ccc1N1CCCCC1)c1cc2ccccc2o1. The van der Waals surface area contributed by atoms with Gasteiger partial charge in [0.15, 0.2) is 5.76 Å². The third-order valence-electron chi connectivity index (χ3n) is 4.55. The van der Waals surface area contributed by atoms with Crippen molar-refractivity contribution in [2.75, 3.05) is 23.3 Å². The lowest BCUT2D eigenvalue weighted by Crippen LogP contribution is -2.30. The topological polar surface area (TPSA) is 45.5 Å². The maximum atomic E-state index is 12.7. The fourth-order valence-electron chi connectivity index (χ4n) is 3.30. The molecule has 1 N–H and O–H groups in total. The summed E-state index contributed by atoms with van der Waals surface area (Å²) in [4.78, 5) is 15.0. The number of carbonyl (C=O) groups is 1. The summed E-state index contributed by atoms with van der Waals surface area (Å²) in [5, 5.41) is 4.48. The number of fused-ring (bicyclic) bond motifs is 1. The van der Waals surface area contributed by atoms with Crippen LogP contribution in [0.1, 0.15) is 29.8 Å². The predicted octanol–water partition coefficient (Wildman–Crippen LogP) is 5.33. The number of amides is 1. The zero-order chi connectivity index (χ0) is 17.2. The fourth-order valence-corrected chi connectivity index (χ4v) is 3.47. The Morgan fingerprint density at radius 2 is 1.84 bits per heavy atom. The Hall–Kier alpha value is -2.46. The Morgan fingerprint density at radius 3 is 2.64 bits per heavy atom. The van der Waals surface area contributed by atoms with E-state index in [1.54, 1.807) is 12.1 Å². The second-order valence-corrected chi connectivity index (χ2v) is 6.75. The molecule has 1 saturated heterocycles. The van der Waals surface area contributed by atoms with Gasteiger partial charge in [-0.1, -0.05) is 29.8 Å². The first-order valence-corrected chi connectivity index (χ1v) is 8.93. The van der Waals surface area contributed by atoms with Crippen molar-refractivity contribution >= 4 is 39.9 Å². The highest BCUT2D eigenvalue weighted by Gasteiger charge is 2.18. The van der Waals surface area contributed by atoms with Gasteiger partial charge in [-0.05, 0) is 49.6 Å². The van der Waals surface area contributed by atoms with Gasteiger partial charge in [0.05, 0.1) is 11.4 Å². The molecule has 4 rings (SSSR count). The van der Waals surface area contributed by atoms with E-state index in [2.05, 4.69) is 10.2 Å². The quantitative estimate of drug-likeness (QED) is 0.691. The van der Waals surface area contributed by atoms with Gasteiger partial charge in [-0.15, -0.1) is 0 Å². The average Bonchev–Trinajstić information content (AvgIpc) is 3.07. The van der Waals surface area contributed by atoms with E-state index in [9.17, 15) is 4.79 Å². The first kappa shape index (κ1) is 16.0. The number of para-hydroxylation sites is 1. The highest BCUT2D eigenvalue weighted by Crippen LogP contribution is 2.32. The van der Waals surface area contributed by atoms with Crippen LogP contribution in [-0.2, 0) is 0 Å². The van der Waals surface area contributed by atoms with E-state index >= 15 is 0 Å².